The zero-order valence-corrected chi connectivity index (χ0v) is 13.6. The summed E-state index contributed by atoms with van der Waals surface area (Å²) < 4.78 is 13.1. The summed E-state index contributed by atoms with van der Waals surface area (Å²) >= 11 is 0. The van der Waals surface area contributed by atoms with E-state index in [1.54, 1.807) is 17.0 Å². The molecule has 3 aromatic rings. The van der Waals surface area contributed by atoms with Gasteiger partial charge in [-0.05, 0) is 30.2 Å². The summed E-state index contributed by atoms with van der Waals surface area (Å²) in [5, 5.41) is 18.9. The van der Waals surface area contributed by atoms with Crippen LogP contribution in [0.4, 0.5) is 4.39 Å². The third kappa shape index (κ3) is 2.89. The number of hydrogen-bond donors (Lipinski definition) is 2. The summed E-state index contributed by atoms with van der Waals surface area (Å²) in [7, 11) is 0. The number of β-amino-alcohol motifs (C(OH)–C–C–N with tert-alkyl or cyclic N) is 1. The molecule has 1 fully saturated rings. The number of hydrogen-bond acceptors (Lipinski definition) is 3. The van der Waals surface area contributed by atoms with Crippen molar-refractivity contribution in [2.24, 2.45) is 0 Å². The van der Waals surface area contributed by atoms with E-state index in [1.165, 1.54) is 12.1 Å². The van der Waals surface area contributed by atoms with E-state index in [0.29, 0.717) is 18.5 Å². The van der Waals surface area contributed by atoms with Crippen LogP contribution in [0.15, 0.2) is 48.5 Å². The summed E-state index contributed by atoms with van der Waals surface area (Å²) in [6.45, 7) is 0.683. The van der Waals surface area contributed by atoms with Crippen LogP contribution in [0.3, 0.4) is 0 Å². The normalized spacial score (nSPS) is 20.3. The number of carbonyl (C=O) groups is 1. The van der Waals surface area contributed by atoms with Gasteiger partial charge in [0.25, 0.3) is 0 Å². The van der Waals surface area contributed by atoms with E-state index in [9.17, 15) is 14.3 Å². The van der Waals surface area contributed by atoms with Gasteiger partial charge < -0.3 is 10.0 Å². The van der Waals surface area contributed by atoms with Crippen molar-refractivity contribution in [2.75, 3.05) is 13.1 Å². The molecule has 1 atom stereocenters. The molecule has 5 nitrogen and oxygen atoms in total. The molecule has 0 radical (unpaired) electrons. The highest BCUT2D eigenvalue weighted by Gasteiger charge is 2.39. The molecule has 128 valence electrons. The molecule has 1 aliphatic rings. The fourth-order valence-corrected chi connectivity index (χ4v) is 3.41. The molecule has 0 aliphatic carbocycles. The van der Waals surface area contributed by atoms with Gasteiger partial charge in [0.2, 0.25) is 5.91 Å². The number of likely N-dealkylation sites (tertiary alicyclic amines) is 1. The maximum Gasteiger partial charge on any atom is 0.228 e. The monoisotopic (exact) mass is 339 g/mol. The summed E-state index contributed by atoms with van der Waals surface area (Å²) in [6.07, 6.45) is 0.647. The van der Waals surface area contributed by atoms with E-state index in [4.69, 9.17) is 0 Å². The highest BCUT2D eigenvalue weighted by atomic mass is 19.1. The van der Waals surface area contributed by atoms with E-state index in [1.807, 2.05) is 24.3 Å². The Morgan fingerprint density at radius 2 is 2.00 bits per heavy atom. The first-order chi connectivity index (χ1) is 12.0. The van der Waals surface area contributed by atoms with Crippen molar-refractivity contribution in [1.82, 2.24) is 15.1 Å². The molecule has 25 heavy (non-hydrogen) atoms. The summed E-state index contributed by atoms with van der Waals surface area (Å²) in [5.74, 6) is -0.406. The zero-order chi connectivity index (χ0) is 17.4. The van der Waals surface area contributed by atoms with Gasteiger partial charge in [0.05, 0.1) is 24.2 Å². The minimum atomic E-state index is -1.13. The van der Waals surface area contributed by atoms with Crippen molar-refractivity contribution in [3.8, 4) is 0 Å². The van der Waals surface area contributed by atoms with Crippen molar-refractivity contribution in [3.63, 3.8) is 0 Å². The van der Waals surface area contributed by atoms with Gasteiger partial charge in [-0.15, -0.1) is 0 Å². The molecule has 1 saturated heterocycles. The van der Waals surface area contributed by atoms with Crippen LogP contribution >= 0.6 is 0 Å². The molecule has 2 N–H and O–H groups in total. The van der Waals surface area contributed by atoms with Gasteiger partial charge in [0, 0.05) is 11.9 Å². The first-order valence-electron chi connectivity index (χ1n) is 8.23. The van der Waals surface area contributed by atoms with Crippen molar-refractivity contribution in [1.29, 1.82) is 0 Å². The Hall–Kier alpha value is -2.73. The minimum Gasteiger partial charge on any atom is -0.383 e. The Morgan fingerprint density at radius 1 is 1.24 bits per heavy atom. The van der Waals surface area contributed by atoms with E-state index in [2.05, 4.69) is 10.2 Å². The van der Waals surface area contributed by atoms with Crippen LogP contribution in [0.1, 0.15) is 17.7 Å². The second-order valence-corrected chi connectivity index (χ2v) is 6.50. The summed E-state index contributed by atoms with van der Waals surface area (Å²) in [6, 6.07) is 13.4. The third-order valence-corrected chi connectivity index (χ3v) is 4.85. The smallest absolute Gasteiger partial charge is 0.228 e. The summed E-state index contributed by atoms with van der Waals surface area (Å²) in [4.78, 5) is 14.3. The number of aromatic nitrogens is 2. The number of nitrogens with zero attached hydrogens (tertiary/aromatic N) is 2. The number of aliphatic hydroxyl groups is 1. The van der Waals surface area contributed by atoms with Gasteiger partial charge in [0.1, 0.15) is 11.4 Å². The van der Waals surface area contributed by atoms with E-state index in [0.717, 1.165) is 16.6 Å². The Kier molecular flexibility index (Phi) is 3.77. The Morgan fingerprint density at radius 3 is 2.80 bits per heavy atom. The number of amides is 1. The van der Waals surface area contributed by atoms with Crippen LogP contribution in [-0.4, -0.2) is 39.2 Å². The maximum absolute atomic E-state index is 13.1. The molecule has 4 rings (SSSR count). The van der Waals surface area contributed by atoms with Crippen molar-refractivity contribution in [2.45, 2.75) is 18.4 Å². The second kappa shape index (κ2) is 5.97. The molecule has 1 aromatic heterocycles. The SMILES string of the molecule is O=C(Cc1[nH]nc2ccccc12)N1CCC(O)(c2ccc(F)cc2)C1. The van der Waals surface area contributed by atoms with Crippen LogP contribution < -0.4 is 0 Å². The molecule has 1 aliphatic heterocycles. The zero-order valence-electron chi connectivity index (χ0n) is 13.6. The van der Waals surface area contributed by atoms with Gasteiger partial charge in [-0.3, -0.25) is 9.89 Å². The minimum absolute atomic E-state index is 0.0626. The molecule has 1 amide bonds. The molecule has 6 heteroatoms. The van der Waals surface area contributed by atoms with Crippen LogP contribution in [0.25, 0.3) is 10.9 Å². The first kappa shape index (κ1) is 15.8. The van der Waals surface area contributed by atoms with E-state index in [-0.39, 0.29) is 24.7 Å². The second-order valence-electron chi connectivity index (χ2n) is 6.50. The number of nitrogens with one attached hydrogen (secondary N) is 1. The van der Waals surface area contributed by atoms with Gasteiger partial charge in [-0.25, -0.2) is 4.39 Å². The Balaban J connectivity index is 1.49. The Bertz CT molecular complexity index is 922. The van der Waals surface area contributed by atoms with Gasteiger partial charge in [-0.1, -0.05) is 30.3 Å². The first-order valence-corrected chi connectivity index (χ1v) is 8.23. The van der Waals surface area contributed by atoms with Crippen LogP contribution in [0.5, 0.6) is 0 Å². The lowest BCUT2D eigenvalue weighted by atomic mass is 9.93. The highest BCUT2D eigenvalue weighted by Crippen LogP contribution is 2.32. The predicted molar refractivity (Wildman–Crippen MR) is 91.3 cm³/mol. The summed E-state index contributed by atoms with van der Waals surface area (Å²) in [5.41, 5.74) is 1.11. The van der Waals surface area contributed by atoms with Gasteiger partial charge >= 0.3 is 0 Å². The molecule has 0 bridgehead atoms. The van der Waals surface area contributed by atoms with Crippen molar-refractivity contribution >= 4 is 16.8 Å². The Labute approximate surface area is 144 Å². The number of para-hydroxylation sites is 1. The topological polar surface area (TPSA) is 69.2 Å². The lowest BCUT2D eigenvalue weighted by Crippen LogP contribution is -2.35. The third-order valence-electron chi connectivity index (χ3n) is 4.85. The predicted octanol–water partition coefficient (Wildman–Crippen LogP) is 2.36. The van der Waals surface area contributed by atoms with E-state index < -0.39 is 5.60 Å². The van der Waals surface area contributed by atoms with Gasteiger partial charge in [-0.2, -0.15) is 5.10 Å². The van der Waals surface area contributed by atoms with Crippen LogP contribution in [0.2, 0.25) is 0 Å². The largest absolute Gasteiger partial charge is 0.383 e. The average molecular weight is 339 g/mol. The molecule has 2 heterocycles. The molecule has 1 unspecified atom stereocenters. The number of fused-ring (bicyclic) bond motifs is 1. The van der Waals surface area contributed by atoms with Crippen LogP contribution in [-0.2, 0) is 16.8 Å². The van der Waals surface area contributed by atoms with E-state index >= 15 is 0 Å². The fourth-order valence-electron chi connectivity index (χ4n) is 3.41. The highest BCUT2D eigenvalue weighted by molar-refractivity contribution is 5.87. The molecule has 0 spiro atoms. The lowest BCUT2D eigenvalue weighted by molar-refractivity contribution is -0.130. The number of carbonyl (C=O) groups excluding carboxylic acids is 1. The molecule has 2 aromatic carbocycles. The number of H-pyrrole nitrogens is 1. The number of benzene rings is 2. The quantitative estimate of drug-likeness (QED) is 0.770. The average Bonchev–Trinajstić information content (AvgIpc) is 3.21. The van der Waals surface area contributed by atoms with Crippen molar-refractivity contribution < 1.29 is 14.3 Å². The van der Waals surface area contributed by atoms with Crippen molar-refractivity contribution in [3.05, 3.63) is 65.6 Å². The maximum atomic E-state index is 13.1. The van der Waals surface area contributed by atoms with Gasteiger partial charge in [0.15, 0.2) is 0 Å². The number of aromatic amines is 1. The number of halogens is 1. The number of rotatable bonds is 3. The lowest BCUT2D eigenvalue weighted by Gasteiger charge is -2.24. The standard InChI is InChI=1S/C19H18FN3O2/c20-14-7-5-13(6-8-14)19(25)9-10-23(12-19)18(24)11-17-15-3-1-2-4-16(15)21-22-17/h1-8,25H,9-12H2,(H,21,22). The molecular weight excluding hydrogens is 321 g/mol. The molecular formula is C19H18FN3O2. The van der Waals surface area contributed by atoms with Crippen LogP contribution in [0, 0.1) is 5.82 Å². The molecule has 0 saturated carbocycles. The fraction of sp³-hybridized carbons (Fsp3) is 0.263.